The van der Waals surface area contributed by atoms with Crippen LogP contribution in [0.25, 0.3) is 10.9 Å². The number of para-hydroxylation sites is 1. The minimum absolute atomic E-state index is 0.0612. The maximum atomic E-state index is 12.0. The Balaban J connectivity index is 1.70. The third kappa shape index (κ3) is 2.88. The number of hydrogen-bond acceptors (Lipinski definition) is 4. The van der Waals surface area contributed by atoms with E-state index in [9.17, 15) is 4.79 Å². The number of fused-ring (bicyclic) bond motifs is 1. The fraction of sp³-hybridized carbons (Fsp3) is 0.467. The first-order valence-corrected chi connectivity index (χ1v) is 7.97. The minimum Gasteiger partial charge on any atom is -0.309 e. The molecule has 2 N–H and O–H groups in total. The standard InChI is InChI=1S/C15H19N3OS/c1-15(7-4-8-20-15)10-16-9-13-17-12-6-3-2-5-11(12)14(19)18-13/h2-3,5-6,16H,4,7-10H2,1H3,(H,17,18,19). The van der Waals surface area contributed by atoms with E-state index in [1.54, 1.807) is 6.07 Å². The molecule has 1 saturated heterocycles. The van der Waals surface area contributed by atoms with Crippen molar-refractivity contribution in [1.29, 1.82) is 0 Å². The van der Waals surface area contributed by atoms with Gasteiger partial charge in [0.1, 0.15) is 5.82 Å². The molecular weight excluding hydrogens is 270 g/mol. The maximum Gasteiger partial charge on any atom is 0.258 e. The summed E-state index contributed by atoms with van der Waals surface area (Å²) in [4.78, 5) is 19.3. The van der Waals surface area contributed by atoms with Crippen LogP contribution in [0.15, 0.2) is 29.1 Å². The van der Waals surface area contributed by atoms with Gasteiger partial charge in [-0.3, -0.25) is 4.79 Å². The minimum atomic E-state index is -0.0612. The molecule has 2 aromatic rings. The number of nitrogens with one attached hydrogen (secondary N) is 2. The molecule has 0 aliphatic carbocycles. The molecule has 1 aromatic carbocycles. The van der Waals surface area contributed by atoms with Crippen molar-refractivity contribution in [3.8, 4) is 0 Å². The van der Waals surface area contributed by atoms with E-state index in [4.69, 9.17) is 0 Å². The van der Waals surface area contributed by atoms with Gasteiger partial charge in [-0.25, -0.2) is 4.98 Å². The maximum absolute atomic E-state index is 12.0. The number of benzene rings is 1. The zero-order valence-corrected chi connectivity index (χ0v) is 12.4. The van der Waals surface area contributed by atoms with Crippen molar-refractivity contribution >= 4 is 22.7 Å². The Bertz CT molecular complexity index is 661. The van der Waals surface area contributed by atoms with Crippen LogP contribution in [0.5, 0.6) is 0 Å². The monoisotopic (exact) mass is 289 g/mol. The van der Waals surface area contributed by atoms with Gasteiger partial charge >= 0.3 is 0 Å². The van der Waals surface area contributed by atoms with Crippen molar-refractivity contribution in [3.05, 3.63) is 40.4 Å². The highest BCUT2D eigenvalue weighted by molar-refractivity contribution is 8.00. The molecule has 0 amide bonds. The molecule has 1 fully saturated rings. The van der Waals surface area contributed by atoms with E-state index in [1.165, 1.54) is 18.6 Å². The highest BCUT2D eigenvalue weighted by Gasteiger charge is 2.28. The number of H-pyrrole nitrogens is 1. The summed E-state index contributed by atoms with van der Waals surface area (Å²) in [6, 6.07) is 7.44. The molecule has 0 bridgehead atoms. The molecule has 20 heavy (non-hydrogen) atoms. The fourth-order valence-corrected chi connectivity index (χ4v) is 3.91. The van der Waals surface area contributed by atoms with E-state index in [0.29, 0.717) is 22.5 Å². The highest BCUT2D eigenvalue weighted by Crippen LogP contribution is 2.36. The summed E-state index contributed by atoms with van der Waals surface area (Å²) in [5.41, 5.74) is 0.698. The number of aromatic nitrogens is 2. The topological polar surface area (TPSA) is 57.8 Å². The van der Waals surface area contributed by atoms with Crippen molar-refractivity contribution in [2.75, 3.05) is 12.3 Å². The van der Waals surface area contributed by atoms with E-state index in [1.807, 2.05) is 30.0 Å². The second-order valence-electron chi connectivity index (χ2n) is 5.54. The fourth-order valence-electron chi connectivity index (χ4n) is 2.64. The van der Waals surface area contributed by atoms with Gasteiger partial charge < -0.3 is 10.3 Å². The summed E-state index contributed by atoms with van der Waals surface area (Å²) in [6.07, 6.45) is 2.56. The molecular formula is C15H19N3OS. The molecule has 0 radical (unpaired) electrons. The van der Waals surface area contributed by atoms with Crippen LogP contribution in [0, 0.1) is 0 Å². The van der Waals surface area contributed by atoms with Gasteiger partial charge in [0.05, 0.1) is 17.4 Å². The SMILES string of the molecule is CC1(CNCc2nc3ccccc3c(=O)[nH]2)CCCS1. The van der Waals surface area contributed by atoms with Gasteiger partial charge in [0.2, 0.25) is 0 Å². The Kier molecular flexibility index (Phi) is 3.81. The summed E-state index contributed by atoms with van der Waals surface area (Å²) < 4.78 is 0.330. The summed E-state index contributed by atoms with van der Waals surface area (Å²) in [5.74, 6) is 1.96. The lowest BCUT2D eigenvalue weighted by molar-refractivity contribution is 0.530. The molecule has 1 unspecified atom stereocenters. The third-order valence-corrected chi connectivity index (χ3v) is 5.29. The van der Waals surface area contributed by atoms with Crippen molar-refractivity contribution in [1.82, 2.24) is 15.3 Å². The predicted octanol–water partition coefficient (Wildman–Crippen LogP) is 2.30. The molecule has 1 aromatic heterocycles. The van der Waals surface area contributed by atoms with Gasteiger partial charge in [0, 0.05) is 11.3 Å². The van der Waals surface area contributed by atoms with E-state index >= 15 is 0 Å². The first-order chi connectivity index (χ1) is 9.66. The average molecular weight is 289 g/mol. The van der Waals surface area contributed by atoms with Crippen LogP contribution in [0.3, 0.4) is 0 Å². The number of rotatable bonds is 4. The number of thioether (sulfide) groups is 1. The van der Waals surface area contributed by atoms with Crippen LogP contribution in [-0.2, 0) is 6.54 Å². The van der Waals surface area contributed by atoms with E-state index in [-0.39, 0.29) is 5.56 Å². The van der Waals surface area contributed by atoms with E-state index in [0.717, 1.165) is 12.1 Å². The van der Waals surface area contributed by atoms with Gasteiger partial charge in [-0.05, 0) is 37.7 Å². The molecule has 106 valence electrons. The Morgan fingerprint density at radius 1 is 1.45 bits per heavy atom. The first kappa shape index (κ1) is 13.6. The summed E-state index contributed by atoms with van der Waals surface area (Å²) >= 11 is 2.03. The lowest BCUT2D eigenvalue weighted by Gasteiger charge is -2.22. The smallest absolute Gasteiger partial charge is 0.258 e. The average Bonchev–Trinajstić information content (AvgIpc) is 2.86. The lowest BCUT2D eigenvalue weighted by atomic mass is 10.1. The highest BCUT2D eigenvalue weighted by atomic mass is 32.2. The number of hydrogen-bond donors (Lipinski definition) is 2. The van der Waals surface area contributed by atoms with E-state index in [2.05, 4.69) is 22.2 Å². The van der Waals surface area contributed by atoms with Gasteiger partial charge in [-0.2, -0.15) is 11.8 Å². The second kappa shape index (κ2) is 5.58. The van der Waals surface area contributed by atoms with Crippen molar-refractivity contribution < 1.29 is 0 Å². The molecule has 0 saturated carbocycles. The predicted molar refractivity (Wildman–Crippen MR) is 84.2 cm³/mol. The van der Waals surface area contributed by atoms with E-state index < -0.39 is 0 Å². The zero-order valence-electron chi connectivity index (χ0n) is 11.6. The van der Waals surface area contributed by atoms with Crippen LogP contribution in [0.2, 0.25) is 0 Å². The van der Waals surface area contributed by atoms with Gasteiger partial charge in [0.15, 0.2) is 0 Å². The quantitative estimate of drug-likeness (QED) is 0.907. The normalized spacial score (nSPS) is 22.4. The molecule has 3 rings (SSSR count). The van der Waals surface area contributed by atoms with Crippen molar-refractivity contribution in [3.63, 3.8) is 0 Å². The Labute approximate surface area is 122 Å². The molecule has 2 heterocycles. The van der Waals surface area contributed by atoms with Gasteiger partial charge in [0.25, 0.3) is 5.56 Å². The van der Waals surface area contributed by atoms with Crippen LogP contribution in [-0.4, -0.2) is 27.0 Å². The molecule has 5 heteroatoms. The second-order valence-corrected chi connectivity index (χ2v) is 7.22. The molecule has 1 aliphatic rings. The molecule has 0 spiro atoms. The van der Waals surface area contributed by atoms with Crippen molar-refractivity contribution in [2.45, 2.75) is 31.1 Å². The Morgan fingerprint density at radius 3 is 3.10 bits per heavy atom. The largest absolute Gasteiger partial charge is 0.309 e. The molecule has 4 nitrogen and oxygen atoms in total. The molecule has 1 aliphatic heterocycles. The number of aromatic amines is 1. The van der Waals surface area contributed by atoms with Gasteiger partial charge in [-0.15, -0.1) is 0 Å². The third-order valence-electron chi connectivity index (χ3n) is 3.75. The molecule has 1 atom stereocenters. The lowest BCUT2D eigenvalue weighted by Crippen LogP contribution is -2.33. The Hall–Kier alpha value is -1.33. The first-order valence-electron chi connectivity index (χ1n) is 6.99. The van der Waals surface area contributed by atoms with Crippen LogP contribution >= 0.6 is 11.8 Å². The summed E-state index contributed by atoms with van der Waals surface area (Å²) in [6.45, 7) is 3.86. The van der Waals surface area contributed by atoms with Crippen LogP contribution in [0.1, 0.15) is 25.6 Å². The van der Waals surface area contributed by atoms with Crippen LogP contribution < -0.4 is 10.9 Å². The van der Waals surface area contributed by atoms with Crippen molar-refractivity contribution in [2.24, 2.45) is 0 Å². The van der Waals surface area contributed by atoms with Gasteiger partial charge in [-0.1, -0.05) is 12.1 Å². The summed E-state index contributed by atoms with van der Waals surface area (Å²) in [7, 11) is 0. The van der Waals surface area contributed by atoms with Crippen LogP contribution in [0.4, 0.5) is 0 Å². The Morgan fingerprint density at radius 2 is 2.30 bits per heavy atom. The number of nitrogens with zero attached hydrogens (tertiary/aromatic N) is 1. The summed E-state index contributed by atoms with van der Waals surface area (Å²) in [5, 5.41) is 4.07. The zero-order chi connectivity index (χ0) is 14.0.